The normalized spacial score (nSPS) is 10.6. The van der Waals surface area contributed by atoms with Crippen molar-refractivity contribution in [2.24, 2.45) is 0 Å². The Morgan fingerprint density at radius 3 is 2.47 bits per heavy atom. The number of nitrogens with one attached hydrogen (secondary N) is 1. The van der Waals surface area contributed by atoms with Crippen molar-refractivity contribution in [3.63, 3.8) is 0 Å². The van der Waals surface area contributed by atoms with Crippen molar-refractivity contribution in [2.45, 2.75) is 13.5 Å². The van der Waals surface area contributed by atoms with E-state index in [-0.39, 0.29) is 11.7 Å². The van der Waals surface area contributed by atoms with E-state index >= 15 is 0 Å². The number of Topliss-reactive ketones (excluding diaryl/α,β-unsaturated/α-hetero) is 1. The average Bonchev–Trinajstić information content (AvgIpc) is 2.77. The summed E-state index contributed by atoms with van der Waals surface area (Å²) in [4.78, 5) is 23.7. The van der Waals surface area contributed by atoms with E-state index in [4.69, 9.17) is 9.47 Å². The number of methoxy groups -OCH3 is 1. The summed E-state index contributed by atoms with van der Waals surface area (Å²) >= 11 is 0. The molecular formula is C25H23NO4. The van der Waals surface area contributed by atoms with Gasteiger partial charge in [0.25, 0.3) is 0 Å². The highest BCUT2D eigenvalue weighted by atomic mass is 16.5. The van der Waals surface area contributed by atoms with E-state index in [1.807, 2.05) is 42.5 Å². The summed E-state index contributed by atoms with van der Waals surface area (Å²) in [5, 5.41) is 2.75. The Kier molecular flexibility index (Phi) is 7.00. The number of ether oxygens (including phenoxy) is 2. The van der Waals surface area contributed by atoms with E-state index in [0.29, 0.717) is 29.4 Å². The lowest BCUT2D eigenvalue weighted by Gasteiger charge is -2.11. The van der Waals surface area contributed by atoms with E-state index < -0.39 is 0 Å². The van der Waals surface area contributed by atoms with Crippen molar-refractivity contribution < 1.29 is 19.1 Å². The number of anilines is 1. The van der Waals surface area contributed by atoms with Gasteiger partial charge in [0.05, 0.1) is 7.11 Å². The lowest BCUT2D eigenvalue weighted by Crippen LogP contribution is -2.08. The molecule has 0 radical (unpaired) electrons. The first-order valence-electron chi connectivity index (χ1n) is 9.50. The largest absolute Gasteiger partial charge is 0.493 e. The van der Waals surface area contributed by atoms with Crippen LogP contribution in [0.2, 0.25) is 0 Å². The molecule has 0 aliphatic heterocycles. The Balaban J connectivity index is 1.64. The number of rotatable bonds is 8. The minimum atomic E-state index is -0.293. The van der Waals surface area contributed by atoms with E-state index in [9.17, 15) is 9.59 Å². The molecule has 3 aromatic carbocycles. The Bertz CT molecular complexity index is 1060. The van der Waals surface area contributed by atoms with Gasteiger partial charge in [0.2, 0.25) is 5.91 Å². The van der Waals surface area contributed by atoms with Gasteiger partial charge >= 0.3 is 0 Å². The van der Waals surface area contributed by atoms with Crippen LogP contribution >= 0.6 is 0 Å². The lowest BCUT2D eigenvalue weighted by molar-refractivity contribution is -0.111. The first kappa shape index (κ1) is 20.9. The number of hydrogen-bond donors (Lipinski definition) is 1. The van der Waals surface area contributed by atoms with Gasteiger partial charge in [-0.3, -0.25) is 9.59 Å². The topological polar surface area (TPSA) is 64.6 Å². The van der Waals surface area contributed by atoms with Gasteiger partial charge in [-0.2, -0.15) is 0 Å². The Hall–Kier alpha value is -3.86. The molecular weight excluding hydrogens is 378 g/mol. The quantitative estimate of drug-likeness (QED) is 0.420. The second kappa shape index (κ2) is 10.1. The number of carbonyl (C=O) groups is 2. The molecule has 0 spiro atoms. The third-order valence-electron chi connectivity index (χ3n) is 4.39. The molecule has 1 amide bonds. The molecule has 0 unspecified atom stereocenters. The molecule has 0 aliphatic rings. The molecule has 1 N–H and O–H groups in total. The fourth-order valence-electron chi connectivity index (χ4n) is 2.81. The van der Waals surface area contributed by atoms with Crippen molar-refractivity contribution in [1.82, 2.24) is 0 Å². The summed E-state index contributed by atoms with van der Waals surface area (Å²) in [5.74, 6) is 0.869. The van der Waals surface area contributed by atoms with Gasteiger partial charge in [-0.25, -0.2) is 0 Å². The van der Waals surface area contributed by atoms with Crippen LogP contribution in [0, 0.1) is 0 Å². The maximum absolute atomic E-state index is 12.2. The second-order valence-corrected chi connectivity index (χ2v) is 6.64. The zero-order valence-corrected chi connectivity index (χ0v) is 16.9. The zero-order valence-electron chi connectivity index (χ0n) is 16.9. The van der Waals surface area contributed by atoms with Gasteiger partial charge in [-0.05, 0) is 48.4 Å². The molecule has 30 heavy (non-hydrogen) atoms. The molecule has 0 bridgehead atoms. The van der Waals surface area contributed by atoms with E-state index in [1.54, 1.807) is 43.5 Å². The van der Waals surface area contributed by atoms with Gasteiger partial charge in [-0.15, -0.1) is 0 Å². The summed E-state index contributed by atoms with van der Waals surface area (Å²) in [6.07, 6.45) is 3.12. The highest BCUT2D eigenvalue weighted by Gasteiger charge is 2.06. The lowest BCUT2D eigenvalue weighted by atomic mass is 10.1. The van der Waals surface area contributed by atoms with E-state index in [1.165, 1.54) is 13.0 Å². The minimum Gasteiger partial charge on any atom is -0.493 e. The third kappa shape index (κ3) is 5.82. The SMILES string of the molecule is COc1cc(/C=C/C(=O)Nc2cccc(C(C)=O)c2)ccc1OCc1ccccc1. The average molecular weight is 401 g/mol. The Labute approximate surface area is 176 Å². The maximum Gasteiger partial charge on any atom is 0.248 e. The number of amides is 1. The van der Waals surface area contributed by atoms with E-state index in [0.717, 1.165) is 11.1 Å². The number of carbonyl (C=O) groups excluding carboxylic acids is 2. The zero-order chi connectivity index (χ0) is 21.3. The molecule has 5 heteroatoms. The molecule has 0 fully saturated rings. The van der Waals surface area contributed by atoms with Crippen LogP contribution in [0.1, 0.15) is 28.4 Å². The predicted molar refractivity (Wildman–Crippen MR) is 118 cm³/mol. The van der Waals surface area contributed by atoms with Crippen molar-refractivity contribution in [3.8, 4) is 11.5 Å². The summed E-state index contributed by atoms with van der Waals surface area (Å²) < 4.78 is 11.3. The number of benzene rings is 3. The van der Waals surface area contributed by atoms with Crippen LogP contribution in [0.5, 0.6) is 11.5 Å². The fourth-order valence-corrected chi connectivity index (χ4v) is 2.81. The third-order valence-corrected chi connectivity index (χ3v) is 4.39. The minimum absolute atomic E-state index is 0.0525. The van der Waals surface area contributed by atoms with Gasteiger partial charge < -0.3 is 14.8 Å². The fraction of sp³-hybridized carbons (Fsp3) is 0.120. The van der Waals surface area contributed by atoms with Crippen LogP contribution in [0.3, 0.4) is 0 Å². The molecule has 0 heterocycles. The Morgan fingerprint density at radius 1 is 0.933 bits per heavy atom. The monoisotopic (exact) mass is 401 g/mol. The van der Waals surface area contributed by atoms with Gasteiger partial charge in [0.1, 0.15) is 6.61 Å². The maximum atomic E-state index is 12.2. The summed E-state index contributed by atoms with van der Waals surface area (Å²) in [7, 11) is 1.58. The first-order valence-corrected chi connectivity index (χ1v) is 9.50. The molecule has 3 rings (SSSR count). The van der Waals surface area contributed by atoms with Crippen LogP contribution in [0.25, 0.3) is 6.08 Å². The molecule has 0 aliphatic carbocycles. The summed E-state index contributed by atoms with van der Waals surface area (Å²) in [6.45, 7) is 1.93. The first-order chi connectivity index (χ1) is 14.5. The van der Waals surface area contributed by atoms with Crippen LogP contribution < -0.4 is 14.8 Å². The standard InChI is InChI=1S/C25H23NO4/c1-18(27)21-9-6-10-22(16-21)26-25(28)14-12-19-11-13-23(24(15-19)29-2)30-17-20-7-4-3-5-8-20/h3-16H,17H2,1-2H3,(H,26,28)/b14-12+. The van der Waals surface area contributed by atoms with E-state index in [2.05, 4.69) is 5.32 Å². The van der Waals surface area contributed by atoms with Crippen LogP contribution in [-0.2, 0) is 11.4 Å². The highest BCUT2D eigenvalue weighted by Crippen LogP contribution is 2.29. The molecule has 0 aromatic heterocycles. The molecule has 3 aromatic rings. The Morgan fingerprint density at radius 2 is 1.73 bits per heavy atom. The van der Waals surface area contributed by atoms with Crippen LogP contribution in [0.15, 0.2) is 78.9 Å². The molecule has 152 valence electrons. The summed E-state index contributed by atoms with van der Waals surface area (Å²) in [5.41, 5.74) is 2.98. The molecule has 0 saturated heterocycles. The van der Waals surface area contributed by atoms with Crippen LogP contribution in [-0.4, -0.2) is 18.8 Å². The van der Waals surface area contributed by atoms with Gasteiger partial charge in [0.15, 0.2) is 17.3 Å². The van der Waals surface area contributed by atoms with Crippen molar-refractivity contribution in [1.29, 1.82) is 0 Å². The molecule has 0 saturated carbocycles. The summed E-state index contributed by atoms with van der Waals surface area (Å²) in [6, 6.07) is 22.2. The van der Waals surface area contributed by atoms with Crippen LogP contribution in [0.4, 0.5) is 5.69 Å². The number of ketones is 1. The predicted octanol–water partition coefficient (Wildman–Crippen LogP) is 5.13. The number of hydrogen-bond acceptors (Lipinski definition) is 4. The molecule has 0 atom stereocenters. The smallest absolute Gasteiger partial charge is 0.248 e. The van der Waals surface area contributed by atoms with Crippen molar-refractivity contribution >= 4 is 23.5 Å². The van der Waals surface area contributed by atoms with Gasteiger partial charge in [-0.1, -0.05) is 48.5 Å². The van der Waals surface area contributed by atoms with Crippen molar-refractivity contribution in [3.05, 3.63) is 95.6 Å². The van der Waals surface area contributed by atoms with Crippen molar-refractivity contribution in [2.75, 3.05) is 12.4 Å². The highest BCUT2D eigenvalue weighted by molar-refractivity contribution is 6.03. The van der Waals surface area contributed by atoms with Gasteiger partial charge in [0, 0.05) is 17.3 Å². The second-order valence-electron chi connectivity index (χ2n) is 6.64. The molecule has 5 nitrogen and oxygen atoms in total.